The number of benzene rings is 1. The van der Waals surface area contributed by atoms with Crippen molar-refractivity contribution < 1.29 is 0 Å². The quantitative estimate of drug-likeness (QED) is 0.798. The van der Waals surface area contributed by atoms with Crippen molar-refractivity contribution in [1.82, 2.24) is 5.32 Å². The highest BCUT2D eigenvalue weighted by Crippen LogP contribution is 2.27. The Hall–Kier alpha value is -0.820. The number of hydrogen-bond acceptors (Lipinski definition) is 1. The van der Waals surface area contributed by atoms with Crippen LogP contribution in [0.3, 0.4) is 0 Å². The van der Waals surface area contributed by atoms with Gasteiger partial charge in [0.2, 0.25) is 0 Å². The van der Waals surface area contributed by atoms with Crippen molar-refractivity contribution in [3.05, 3.63) is 34.9 Å². The Balaban J connectivity index is 1.88. The molecule has 0 amide bonds. The third-order valence-corrected chi connectivity index (χ3v) is 3.78. The highest BCUT2D eigenvalue weighted by atomic mass is 14.9. The molecule has 0 heterocycles. The monoisotopic (exact) mass is 245 g/mol. The molecule has 1 aromatic carbocycles. The minimum Gasteiger partial charge on any atom is -0.314 e. The summed E-state index contributed by atoms with van der Waals surface area (Å²) in [5.74, 6) is 0. The Bertz CT molecular complexity index is 382. The van der Waals surface area contributed by atoms with Gasteiger partial charge in [0.05, 0.1) is 0 Å². The summed E-state index contributed by atoms with van der Waals surface area (Å²) < 4.78 is 0. The van der Waals surface area contributed by atoms with Crippen molar-refractivity contribution in [2.45, 2.75) is 59.4 Å². The highest BCUT2D eigenvalue weighted by molar-refractivity contribution is 5.29. The molecule has 1 fully saturated rings. The van der Waals surface area contributed by atoms with Crippen LogP contribution in [0, 0.1) is 19.3 Å². The average Bonchev–Trinajstić information content (AvgIpc) is 2.98. The van der Waals surface area contributed by atoms with Gasteiger partial charge in [-0.1, -0.05) is 43.2 Å². The van der Waals surface area contributed by atoms with E-state index >= 15 is 0 Å². The normalized spacial score (nSPS) is 16.0. The van der Waals surface area contributed by atoms with E-state index in [2.05, 4.69) is 51.2 Å². The fraction of sp³-hybridized carbons (Fsp3) is 0.647. The summed E-state index contributed by atoms with van der Waals surface area (Å²) in [5.41, 5.74) is 4.65. The van der Waals surface area contributed by atoms with Crippen LogP contribution in [0.1, 0.15) is 49.8 Å². The van der Waals surface area contributed by atoms with Crippen LogP contribution in [0.15, 0.2) is 18.2 Å². The van der Waals surface area contributed by atoms with Crippen molar-refractivity contribution in [2.75, 3.05) is 6.54 Å². The summed E-state index contributed by atoms with van der Waals surface area (Å²) >= 11 is 0. The first-order valence-electron chi connectivity index (χ1n) is 7.25. The lowest BCUT2D eigenvalue weighted by Gasteiger charge is -2.25. The lowest BCUT2D eigenvalue weighted by atomic mass is 9.82. The molecule has 1 nitrogen and oxygen atoms in total. The van der Waals surface area contributed by atoms with Crippen LogP contribution in [-0.4, -0.2) is 12.6 Å². The number of rotatable bonds is 6. The number of aryl methyl sites for hydroxylation is 2. The summed E-state index contributed by atoms with van der Waals surface area (Å²) in [6, 6.07) is 7.76. The van der Waals surface area contributed by atoms with Crippen molar-refractivity contribution >= 4 is 0 Å². The summed E-state index contributed by atoms with van der Waals surface area (Å²) in [6.07, 6.45) is 5.22. The van der Waals surface area contributed by atoms with Gasteiger partial charge in [-0.25, -0.2) is 0 Å². The maximum absolute atomic E-state index is 3.62. The molecule has 0 radical (unpaired) electrons. The minimum absolute atomic E-state index is 0.391. The standard InChI is InChI=1S/C17H27N/c1-13-9-14(2)11-15(10-13)12-17(3,4)7-8-18-16-5-6-16/h9-11,16,18H,5-8,12H2,1-4H3. The van der Waals surface area contributed by atoms with E-state index in [0.29, 0.717) is 5.41 Å². The van der Waals surface area contributed by atoms with Gasteiger partial charge in [0.1, 0.15) is 0 Å². The first-order valence-corrected chi connectivity index (χ1v) is 7.25. The lowest BCUT2D eigenvalue weighted by molar-refractivity contribution is 0.325. The van der Waals surface area contributed by atoms with Crippen LogP contribution in [0.4, 0.5) is 0 Å². The average molecular weight is 245 g/mol. The van der Waals surface area contributed by atoms with E-state index in [4.69, 9.17) is 0 Å². The summed E-state index contributed by atoms with van der Waals surface area (Å²) in [4.78, 5) is 0. The van der Waals surface area contributed by atoms with Gasteiger partial charge in [0.15, 0.2) is 0 Å². The van der Waals surface area contributed by atoms with E-state index in [1.807, 2.05) is 0 Å². The lowest BCUT2D eigenvalue weighted by Crippen LogP contribution is -2.25. The second kappa shape index (κ2) is 5.44. The Kier molecular flexibility index (Phi) is 4.11. The van der Waals surface area contributed by atoms with Crippen molar-refractivity contribution in [2.24, 2.45) is 5.41 Å². The zero-order valence-electron chi connectivity index (χ0n) is 12.3. The third kappa shape index (κ3) is 4.45. The van der Waals surface area contributed by atoms with Gasteiger partial charge >= 0.3 is 0 Å². The molecule has 18 heavy (non-hydrogen) atoms. The van der Waals surface area contributed by atoms with E-state index in [1.165, 1.54) is 48.9 Å². The molecule has 1 aromatic rings. The fourth-order valence-corrected chi connectivity index (χ4v) is 2.71. The minimum atomic E-state index is 0.391. The largest absolute Gasteiger partial charge is 0.314 e. The molecular weight excluding hydrogens is 218 g/mol. The SMILES string of the molecule is Cc1cc(C)cc(CC(C)(C)CCNC2CC2)c1. The van der Waals surface area contributed by atoms with E-state index in [-0.39, 0.29) is 0 Å². The Labute approximate surface area is 112 Å². The van der Waals surface area contributed by atoms with Gasteiger partial charge in [-0.3, -0.25) is 0 Å². The fourth-order valence-electron chi connectivity index (χ4n) is 2.71. The predicted molar refractivity (Wildman–Crippen MR) is 79.0 cm³/mol. The van der Waals surface area contributed by atoms with E-state index < -0.39 is 0 Å². The molecule has 1 N–H and O–H groups in total. The Morgan fingerprint density at radius 3 is 2.28 bits per heavy atom. The van der Waals surface area contributed by atoms with E-state index in [1.54, 1.807) is 0 Å². The van der Waals surface area contributed by atoms with Crippen LogP contribution >= 0.6 is 0 Å². The number of hydrogen-bond donors (Lipinski definition) is 1. The highest BCUT2D eigenvalue weighted by Gasteiger charge is 2.23. The van der Waals surface area contributed by atoms with Crippen molar-refractivity contribution in [3.63, 3.8) is 0 Å². The molecule has 0 spiro atoms. The molecule has 0 atom stereocenters. The second-order valence-corrected chi connectivity index (χ2v) is 6.82. The van der Waals surface area contributed by atoms with Crippen LogP contribution in [0.2, 0.25) is 0 Å². The topological polar surface area (TPSA) is 12.0 Å². The van der Waals surface area contributed by atoms with Gasteiger partial charge < -0.3 is 5.32 Å². The zero-order valence-corrected chi connectivity index (χ0v) is 12.3. The van der Waals surface area contributed by atoms with Crippen LogP contribution in [-0.2, 0) is 6.42 Å². The molecule has 1 aliphatic rings. The van der Waals surface area contributed by atoms with Crippen molar-refractivity contribution in [3.8, 4) is 0 Å². The summed E-state index contributed by atoms with van der Waals surface area (Å²) in [5, 5.41) is 3.62. The number of nitrogens with one attached hydrogen (secondary N) is 1. The van der Waals surface area contributed by atoms with Gasteiger partial charge in [0, 0.05) is 6.04 Å². The van der Waals surface area contributed by atoms with Crippen LogP contribution < -0.4 is 5.32 Å². The summed E-state index contributed by atoms with van der Waals surface area (Å²) in [6.45, 7) is 10.3. The Morgan fingerprint density at radius 1 is 1.11 bits per heavy atom. The molecular formula is C17H27N. The van der Waals surface area contributed by atoms with Crippen molar-refractivity contribution in [1.29, 1.82) is 0 Å². The molecule has 0 bridgehead atoms. The summed E-state index contributed by atoms with van der Waals surface area (Å²) in [7, 11) is 0. The van der Waals surface area contributed by atoms with Gasteiger partial charge in [0.25, 0.3) is 0 Å². The molecule has 0 saturated heterocycles. The van der Waals surface area contributed by atoms with Crippen LogP contribution in [0.5, 0.6) is 0 Å². The van der Waals surface area contributed by atoms with E-state index in [9.17, 15) is 0 Å². The molecule has 0 unspecified atom stereocenters. The molecule has 2 rings (SSSR count). The van der Waals surface area contributed by atoms with Gasteiger partial charge in [-0.05, 0) is 57.1 Å². The molecule has 100 valence electrons. The first kappa shape index (κ1) is 13.6. The van der Waals surface area contributed by atoms with Crippen LogP contribution in [0.25, 0.3) is 0 Å². The predicted octanol–water partition coefficient (Wildman–Crippen LogP) is 4.01. The molecule has 1 aliphatic carbocycles. The first-order chi connectivity index (χ1) is 8.44. The maximum atomic E-state index is 3.62. The molecule has 0 aromatic heterocycles. The smallest absolute Gasteiger partial charge is 0.00682 e. The zero-order chi connectivity index (χ0) is 13.2. The molecule has 1 saturated carbocycles. The Morgan fingerprint density at radius 2 is 1.72 bits per heavy atom. The van der Waals surface area contributed by atoms with Gasteiger partial charge in [-0.2, -0.15) is 0 Å². The third-order valence-electron chi connectivity index (χ3n) is 3.78. The second-order valence-electron chi connectivity index (χ2n) is 6.82. The molecule has 0 aliphatic heterocycles. The molecule has 1 heteroatoms. The van der Waals surface area contributed by atoms with E-state index in [0.717, 1.165) is 6.04 Å². The van der Waals surface area contributed by atoms with Gasteiger partial charge in [-0.15, -0.1) is 0 Å². The maximum Gasteiger partial charge on any atom is 0.00682 e.